The summed E-state index contributed by atoms with van der Waals surface area (Å²) in [5.41, 5.74) is -3.76. The zero-order valence-corrected chi connectivity index (χ0v) is 12.0. The minimum atomic E-state index is -4.72. The average Bonchev–Trinajstić information content (AvgIpc) is 2.44. The number of rotatable bonds is 5. The Balaban J connectivity index is 3.00. The summed E-state index contributed by atoms with van der Waals surface area (Å²) in [5.74, 6) is -0.904. The largest absolute Gasteiger partial charge is 0.417 e. The number of nitrogens with zero attached hydrogens (tertiary/aromatic N) is 1. The van der Waals surface area contributed by atoms with Crippen LogP contribution in [-0.4, -0.2) is 29.8 Å². The molecule has 0 saturated carbocycles. The normalized spacial score (nSPS) is 14.0. The van der Waals surface area contributed by atoms with E-state index in [1.807, 2.05) is 0 Å². The molecule has 0 aliphatic carbocycles. The van der Waals surface area contributed by atoms with Crippen LogP contribution in [0.4, 0.5) is 18.9 Å². The molecule has 22 heavy (non-hydrogen) atoms. The summed E-state index contributed by atoms with van der Waals surface area (Å²) in [6.07, 6.45) is -4.72. The molecule has 1 aromatic rings. The van der Waals surface area contributed by atoms with E-state index in [0.717, 1.165) is 12.1 Å². The molecule has 2 N–H and O–H groups in total. The van der Waals surface area contributed by atoms with Gasteiger partial charge >= 0.3 is 6.18 Å². The first-order chi connectivity index (χ1) is 10.1. The zero-order chi connectivity index (χ0) is 17.0. The third-order valence-corrected chi connectivity index (χ3v) is 2.78. The second kappa shape index (κ2) is 6.77. The van der Waals surface area contributed by atoms with Crippen LogP contribution in [0.5, 0.6) is 0 Å². The number of hydrogen-bond acceptors (Lipinski definition) is 4. The molecule has 1 aromatic carbocycles. The van der Waals surface area contributed by atoms with Gasteiger partial charge in [0, 0.05) is 12.3 Å². The predicted octanol–water partition coefficient (Wildman–Crippen LogP) is 2.30. The summed E-state index contributed by atoms with van der Waals surface area (Å²) < 4.78 is 43.4. The second-order valence-corrected chi connectivity index (χ2v) is 4.74. The van der Waals surface area contributed by atoms with Crippen LogP contribution in [0.1, 0.15) is 25.0 Å². The van der Waals surface area contributed by atoms with Gasteiger partial charge in [-0.15, -0.1) is 0 Å². The van der Waals surface area contributed by atoms with Gasteiger partial charge in [0.2, 0.25) is 0 Å². The molecule has 1 atom stereocenters. The number of amides is 1. The summed E-state index contributed by atoms with van der Waals surface area (Å²) in [5, 5.41) is 20.8. The molecular weight excluding hydrogens is 301 g/mol. The van der Waals surface area contributed by atoms with Crippen LogP contribution < -0.4 is 5.32 Å². The van der Waals surface area contributed by atoms with Crippen molar-refractivity contribution in [3.63, 3.8) is 0 Å². The summed E-state index contributed by atoms with van der Waals surface area (Å²) >= 11 is 0. The molecule has 120 valence electrons. The van der Waals surface area contributed by atoms with Crippen molar-refractivity contribution in [1.29, 1.82) is 5.26 Å². The lowest BCUT2D eigenvalue weighted by Gasteiger charge is -2.22. The third kappa shape index (κ3) is 4.44. The predicted molar refractivity (Wildman–Crippen MR) is 71.9 cm³/mol. The number of nitriles is 1. The topological polar surface area (TPSA) is 82.3 Å². The Bertz CT molecular complexity index is 592. The monoisotopic (exact) mass is 316 g/mol. The Morgan fingerprint density at radius 3 is 2.59 bits per heavy atom. The van der Waals surface area contributed by atoms with Crippen molar-refractivity contribution in [3.8, 4) is 6.07 Å². The van der Waals surface area contributed by atoms with E-state index in [1.54, 1.807) is 6.92 Å². The fraction of sp³-hybridized carbons (Fsp3) is 0.429. The quantitative estimate of drug-likeness (QED) is 0.873. The molecule has 0 aromatic heterocycles. The molecule has 1 amide bonds. The maximum Gasteiger partial charge on any atom is 0.417 e. The number of anilines is 1. The van der Waals surface area contributed by atoms with Gasteiger partial charge < -0.3 is 15.2 Å². The Morgan fingerprint density at radius 2 is 2.09 bits per heavy atom. The van der Waals surface area contributed by atoms with E-state index in [0.29, 0.717) is 6.07 Å². The fourth-order valence-electron chi connectivity index (χ4n) is 1.59. The van der Waals surface area contributed by atoms with Gasteiger partial charge in [-0.25, -0.2) is 0 Å². The van der Waals surface area contributed by atoms with Crippen molar-refractivity contribution >= 4 is 11.6 Å². The van der Waals surface area contributed by atoms with E-state index in [9.17, 15) is 23.1 Å². The molecule has 0 radical (unpaired) electrons. The van der Waals surface area contributed by atoms with Gasteiger partial charge in [0.05, 0.1) is 23.8 Å². The molecular formula is C14H15F3N2O3. The number of nitrogens with one attached hydrogen (secondary N) is 1. The highest BCUT2D eigenvalue weighted by Crippen LogP contribution is 2.33. The number of carbonyl (C=O) groups excluding carboxylic acids is 1. The molecule has 0 spiro atoms. The lowest BCUT2D eigenvalue weighted by atomic mass is 10.1. The molecule has 8 heteroatoms. The molecule has 0 unspecified atom stereocenters. The summed E-state index contributed by atoms with van der Waals surface area (Å²) in [7, 11) is 0. The van der Waals surface area contributed by atoms with E-state index in [1.165, 1.54) is 13.0 Å². The number of carbonyl (C=O) groups is 1. The highest BCUT2D eigenvalue weighted by atomic mass is 19.4. The van der Waals surface area contributed by atoms with Crippen molar-refractivity contribution in [2.24, 2.45) is 0 Å². The maximum atomic E-state index is 12.8. The molecule has 1 rings (SSSR count). The van der Waals surface area contributed by atoms with Crippen LogP contribution in [-0.2, 0) is 15.7 Å². The fourth-order valence-corrected chi connectivity index (χ4v) is 1.59. The number of hydrogen-bond donors (Lipinski definition) is 2. The number of benzene rings is 1. The van der Waals surface area contributed by atoms with Gasteiger partial charge in [0.1, 0.15) is 0 Å². The number of halogens is 3. The van der Waals surface area contributed by atoms with Crippen molar-refractivity contribution in [2.45, 2.75) is 25.6 Å². The maximum absolute atomic E-state index is 12.8. The van der Waals surface area contributed by atoms with Crippen molar-refractivity contribution in [2.75, 3.05) is 18.5 Å². The minimum absolute atomic E-state index is 0.173. The Labute approximate surface area is 125 Å². The van der Waals surface area contributed by atoms with Crippen LogP contribution in [0, 0.1) is 11.3 Å². The SMILES string of the molecule is CCOC[C@](C)(O)C(=O)Nc1ccc(C#N)c(C(F)(F)F)c1. The molecule has 5 nitrogen and oxygen atoms in total. The van der Waals surface area contributed by atoms with E-state index in [-0.39, 0.29) is 18.9 Å². The smallest absolute Gasteiger partial charge is 0.378 e. The van der Waals surface area contributed by atoms with E-state index in [2.05, 4.69) is 5.32 Å². The van der Waals surface area contributed by atoms with E-state index in [4.69, 9.17) is 10.00 Å². The molecule has 0 aliphatic rings. The molecule has 0 saturated heterocycles. The van der Waals surface area contributed by atoms with Crippen molar-refractivity contribution in [3.05, 3.63) is 29.3 Å². The lowest BCUT2D eigenvalue weighted by Crippen LogP contribution is -2.44. The minimum Gasteiger partial charge on any atom is -0.378 e. The molecule has 0 bridgehead atoms. The zero-order valence-electron chi connectivity index (χ0n) is 12.0. The summed E-state index contributed by atoms with van der Waals surface area (Å²) in [6.45, 7) is 2.84. The van der Waals surface area contributed by atoms with E-state index >= 15 is 0 Å². The Kier molecular flexibility index (Phi) is 5.52. The number of ether oxygens (including phenoxy) is 1. The second-order valence-electron chi connectivity index (χ2n) is 4.74. The van der Waals surface area contributed by atoms with Crippen LogP contribution in [0.2, 0.25) is 0 Å². The van der Waals surface area contributed by atoms with Gasteiger partial charge in [-0.3, -0.25) is 4.79 Å². The van der Waals surface area contributed by atoms with E-state index < -0.39 is 28.8 Å². The van der Waals surface area contributed by atoms with Crippen LogP contribution in [0.15, 0.2) is 18.2 Å². The average molecular weight is 316 g/mol. The van der Waals surface area contributed by atoms with Crippen LogP contribution in [0.25, 0.3) is 0 Å². The number of aliphatic hydroxyl groups is 1. The van der Waals surface area contributed by atoms with Crippen molar-refractivity contribution in [1.82, 2.24) is 0 Å². The summed E-state index contributed by atoms with van der Waals surface area (Å²) in [4.78, 5) is 11.9. The van der Waals surface area contributed by atoms with Crippen LogP contribution in [0.3, 0.4) is 0 Å². The number of alkyl halides is 3. The van der Waals surface area contributed by atoms with Gasteiger partial charge in [-0.1, -0.05) is 0 Å². The summed E-state index contributed by atoms with van der Waals surface area (Å²) in [6, 6.07) is 4.19. The van der Waals surface area contributed by atoms with Gasteiger partial charge in [0.15, 0.2) is 5.60 Å². The molecule has 0 aliphatic heterocycles. The van der Waals surface area contributed by atoms with Crippen molar-refractivity contribution < 1.29 is 27.8 Å². The van der Waals surface area contributed by atoms with Gasteiger partial charge in [-0.2, -0.15) is 18.4 Å². The highest BCUT2D eigenvalue weighted by molar-refractivity contribution is 5.97. The first kappa shape index (κ1) is 17.9. The van der Waals surface area contributed by atoms with Crippen LogP contribution >= 0.6 is 0 Å². The Morgan fingerprint density at radius 1 is 1.45 bits per heavy atom. The highest BCUT2D eigenvalue weighted by Gasteiger charge is 2.35. The standard InChI is InChI=1S/C14H15F3N2O3/c1-3-22-8-13(2,21)12(20)19-10-5-4-9(7-18)11(6-10)14(15,16)17/h4-6,21H,3,8H2,1-2H3,(H,19,20)/t13-/m0/s1. The molecule has 0 fully saturated rings. The first-order valence-electron chi connectivity index (χ1n) is 6.34. The molecule has 0 heterocycles. The third-order valence-electron chi connectivity index (χ3n) is 2.78. The first-order valence-corrected chi connectivity index (χ1v) is 6.34. The van der Waals surface area contributed by atoms with Gasteiger partial charge in [-0.05, 0) is 32.0 Å². The lowest BCUT2D eigenvalue weighted by molar-refractivity contribution is -0.139. The Hall–Kier alpha value is -2.11. The van der Waals surface area contributed by atoms with Gasteiger partial charge in [0.25, 0.3) is 5.91 Å².